The normalized spacial score (nSPS) is 12.0. The molecule has 0 amide bonds. The van der Waals surface area contributed by atoms with Crippen LogP contribution in [-0.2, 0) is 23.2 Å². The fourth-order valence-corrected chi connectivity index (χ4v) is 4.12. The van der Waals surface area contributed by atoms with Gasteiger partial charge in [-0.25, -0.2) is 4.98 Å². The van der Waals surface area contributed by atoms with Gasteiger partial charge < -0.3 is 9.30 Å². The molecule has 7 nitrogen and oxygen atoms in total. The van der Waals surface area contributed by atoms with E-state index in [2.05, 4.69) is 20.5 Å². The summed E-state index contributed by atoms with van der Waals surface area (Å²) in [5.74, 6) is 0.839. The number of benzene rings is 2. The highest BCUT2D eigenvalue weighted by molar-refractivity contribution is 7.98. The Morgan fingerprint density at radius 2 is 1.90 bits per heavy atom. The van der Waals surface area contributed by atoms with Gasteiger partial charge in [0.1, 0.15) is 0 Å². The summed E-state index contributed by atoms with van der Waals surface area (Å²) < 4.78 is 47.1. The van der Waals surface area contributed by atoms with Gasteiger partial charge in [0.15, 0.2) is 11.0 Å². The summed E-state index contributed by atoms with van der Waals surface area (Å²) in [6.07, 6.45) is -4.40. The SMILES string of the molecule is COCCn1c(SCc2nnnn2-c2ccc(C(F)(F)F)cc2)nc2cc(Cl)ccc21. The molecule has 4 rings (SSSR count). The Balaban J connectivity index is 1.58. The van der Waals surface area contributed by atoms with Crippen molar-refractivity contribution in [2.24, 2.45) is 0 Å². The third-order valence-corrected chi connectivity index (χ3v) is 5.71. The second kappa shape index (κ2) is 8.85. The quantitative estimate of drug-likeness (QED) is 0.368. The molecule has 0 N–H and O–H groups in total. The van der Waals surface area contributed by atoms with E-state index in [1.807, 2.05) is 10.6 Å². The number of fused-ring (bicyclic) bond motifs is 1. The number of thioether (sulfide) groups is 1. The number of tetrazole rings is 1. The fraction of sp³-hybridized carbons (Fsp3) is 0.263. The number of rotatable bonds is 7. The zero-order chi connectivity index (χ0) is 22.0. The lowest BCUT2D eigenvalue weighted by atomic mass is 10.2. The Morgan fingerprint density at radius 3 is 2.61 bits per heavy atom. The number of alkyl halides is 3. The van der Waals surface area contributed by atoms with Crippen molar-refractivity contribution in [1.82, 2.24) is 29.8 Å². The molecular weight excluding hydrogens is 453 g/mol. The van der Waals surface area contributed by atoms with Crippen LogP contribution in [0.2, 0.25) is 5.02 Å². The molecule has 2 aromatic carbocycles. The van der Waals surface area contributed by atoms with E-state index in [1.54, 1.807) is 19.2 Å². The van der Waals surface area contributed by atoms with Crippen LogP contribution in [-0.4, -0.2) is 43.5 Å². The maximum absolute atomic E-state index is 12.8. The zero-order valence-corrected chi connectivity index (χ0v) is 17.7. The van der Waals surface area contributed by atoms with E-state index in [9.17, 15) is 13.2 Å². The minimum atomic E-state index is -4.40. The monoisotopic (exact) mass is 468 g/mol. The van der Waals surface area contributed by atoms with Gasteiger partial charge in [-0.3, -0.25) is 0 Å². The van der Waals surface area contributed by atoms with Gasteiger partial charge in [-0.15, -0.1) is 5.10 Å². The van der Waals surface area contributed by atoms with Gasteiger partial charge in [0, 0.05) is 18.7 Å². The topological polar surface area (TPSA) is 70.7 Å². The van der Waals surface area contributed by atoms with Gasteiger partial charge in [-0.2, -0.15) is 17.9 Å². The second-order valence-electron chi connectivity index (χ2n) is 6.51. The van der Waals surface area contributed by atoms with Crippen LogP contribution >= 0.6 is 23.4 Å². The van der Waals surface area contributed by atoms with Crippen molar-refractivity contribution in [1.29, 1.82) is 0 Å². The number of aromatic nitrogens is 6. The van der Waals surface area contributed by atoms with E-state index in [0.29, 0.717) is 35.4 Å². The molecule has 0 unspecified atom stereocenters. The standard InChI is InChI=1S/C19H16ClF3N6OS/c1-30-9-8-28-16-7-4-13(20)10-15(16)24-18(28)31-11-17-25-26-27-29(17)14-5-2-12(3-6-14)19(21,22)23/h2-7,10H,8-9,11H2,1H3. The van der Waals surface area contributed by atoms with Crippen LogP contribution in [0.1, 0.15) is 11.4 Å². The predicted molar refractivity (Wildman–Crippen MR) is 110 cm³/mol. The van der Waals surface area contributed by atoms with Gasteiger partial charge >= 0.3 is 6.18 Å². The highest BCUT2D eigenvalue weighted by atomic mass is 35.5. The van der Waals surface area contributed by atoms with Crippen LogP contribution in [0.4, 0.5) is 13.2 Å². The van der Waals surface area contributed by atoms with Crippen molar-refractivity contribution < 1.29 is 17.9 Å². The lowest BCUT2D eigenvalue weighted by molar-refractivity contribution is -0.137. The molecule has 31 heavy (non-hydrogen) atoms. The Hall–Kier alpha value is -2.63. The maximum Gasteiger partial charge on any atom is 0.416 e. The van der Waals surface area contributed by atoms with Gasteiger partial charge in [0.2, 0.25) is 0 Å². The first kappa shape index (κ1) is 21.6. The summed E-state index contributed by atoms with van der Waals surface area (Å²) in [5.41, 5.74) is 1.39. The van der Waals surface area contributed by atoms with Crippen LogP contribution in [0.5, 0.6) is 0 Å². The Kier molecular flexibility index (Phi) is 6.17. The molecule has 0 saturated carbocycles. The van der Waals surface area contributed by atoms with Crippen LogP contribution in [0.3, 0.4) is 0 Å². The first-order valence-corrected chi connectivity index (χ1v) is 10.5. The van der Waals surface area contributed by atoms with Crippen LogP contribution < -0.4 is 0 Å². The predicted octanol–water partition coefficient (Wildman–Crippen LogP) is 4.62. The molecule has 0 fully saturated rings. The molecule has 2 heterocycles. The maximum atomic E-state index is 12.8. The molecule has 12 heteroatoms. The highest BCUT2D eigenvalue weighted by Gasteiger charge is 2.30. The number of halogens is 4. The second-order valence-corrected chi connectivity index (χ2v) is 7.89. The largest absolute Gasteiger partial charge is 0.416 e. The third kappa shape index (κ3) is 4.68. The number of methoxy groups -OCH3 is 1. The minimum Gasteiger partial charge on any atom is -0.383 e. The Labute approximate surface area is 184 Å². The van der Waals surface area contributed by atoms with Gasteiger partial charge in [-0.05, 0) is 52.9 Å². The molecule has 2 aromatic heterocycles. The van der Waals surface area contributed by atoms with Crippen LogP contribution in [0.25, 0.3) is 16.7 Å². The molecule has 0 radical (unpaired) electrons. The number of hydrogen-bond donors (Lipinski definition) is 0. The molecule has 162 valence electrons. The van der Waals surface area contributed by atoms with Crippen molar-refractivity contribution in [3.05, 3.63) is 58.9 Å². The van der Waals surface area contributed by atoms with E-state index >= 15 is 0 Å². The van der Waals surface area contributed by atoms with E-state index in [1.165, 1.54) is 28.6 Å². The average molecular weight is 469 g/mol. The van der Waals surface area contributed by atoms with Gasteiger partial charge in [0.25, 0.3) is 0 Å². The van der Waals surface area contributed by atoms with E-state index < -0.39 is 11.7 Å². The Morgan fingerprint density at radius 1 is 1.13 bits per heavy atom. The minimum absolute atomic E-state index is 0.359. The molecule has 0 aliphatic carbocycles. The third-order valence-electron chi connectivity index (χ3n) is 4.50. The molecule has 0 aliphatic rings. The summed E-state index contributed by atoms with van der Waals surface area (Å²) in [7, 11) is 1.63. The van der Waals surface area contributed by atoms with Crippen molar-refractivity contribution in [3.8, 4) is 5.69 Å². The van der Waals surface area contributed by atoms with E-state index in [-0.39, 0.29) is 0 Å². The summed E-state index contributed by atoms with van der Waals surface area (Å²) in [6, 6.07) is 10.2. The first-order chi connectivity index (χ1) is 14.9. The van der Waals surface area contributed by atoms with Crippen molar-refractivity contribution in [3.63, 3.8) is 0 Å². The molecule has 0 spiro atoms. The van der Waals surface area contributed by atoms with Crippen molar-refractivity contribution in [2.45, 2.75) is 23.6 Å². The van der Waals surface area contributed by atoms with Gasteiger partial charge in [0.05, 0.1) is 34.6 Å². The summed E-state index contributed by atoms with van der Waals surface area (Å²) in [6.45, 7) is 1.10. The average Bonchev–Trinajstić information content (AvgIpc) is 3.34. The van der Waals surface area contributed by atoms with Crippen LogP contribution in [0, 0.1) is 0 Å². The fourth-order valence-electron chi connectivity index (χ4n) is 3.01. The van der Waals surface area contributed by atoms with Gasteiger partial charge in [-0.1, -0.05) is 23.4 Å². The van der Waals surface area contributed by atoms with E-state index in [4.69, 9.17) is 16.3 Å². The lowest BCUT2D eigenvalue weighted by Crippen LogP contribution is -2.07. The number of imidazole rings is 1. The smallest absolute Gasteiger partial charge is 0.383 e. The summed E-state index contributed by atoms with van der Waals surface area (Å²) >= 11 is 7.50. The molecule has 0 saturated heterocycles. The zero-order valence-electron chi connectivity index (χ0n) is 16.2. The lowest BCUT2D eigenvalue weighted by Gasteiger charge is -2.09. The van der Waals surface area contributed by atoms with Crippen molar-refractivity contribution >= 4 is 34.4 Å². The molecule has 4 aromatic rings. The van der Waals surface area contributed by atoms with Crippen LogP contribution in [0.15, 0.2) is 47.6 Å². The molecule has 0 bridgehead atoms. The first-order valence-electron chi connectivity index (χ1n) is 9.09. The highest BCUT2D eigenvalue weighted by Crippen LogP contribution is 2.31. The number of nitrogens with zero attached hydrogens (tertiary/aromatic N) is 6. The number of hydrogen-bond acceptors (Lipinski definition) is 6. The molecule has 0 aliphatic heterocycles. The van der Waals surface area contributed by atoms with Crippen molar-refractivity contribution in [2.75, 3.05) is 13.7 Å². The molecular formula is C19H16ClF3N6OS. The summed E-state index contributed by atoms with van der Waals surface area (Å²) in [4.78, 5) is 4.65. The molecule has 0 atom stereocenters. The number of ether oxygens (including phenoxy) is 1. The summed E-state index contributed by atoms with van der Waals surface area (Å²) in [5, 5.41) is 12.9. The Bertz CT molecular complexity index is 1190. The van der Waals surface area contributed by atoms with E-state index in [0.717, 1.165) is 28.3 Å².